The van der Waals surface area contributed by atoms with Crippen molar-refractivity contribution in [1.29, 1.82) is 0 Å². The van der Waals surface area contributed by atoms with Gasteiger partial charge in [0.15, 0.2) is 14.0 Å². The summed E-state index contributed by atoms with van der Waals surface area (Å²) in [7, 11) is -1.89. The molecule has 1 aliphatic heterocycles. The zero-order valence-electron chi connectivity index (χ0n) is 16.9. The van der Waals surface area contributed by atoms with E-state index in [1.54, 1.807) is 6.33 Å². The van der Waals surface area contributed by atoms with Crippen molar-refractivity contribution >= 4 is 35.4 Å². The molecular formula is C19H29BrN4O2Si. The minimum absolute atomic E-state index is 0.0548. The van der Waals surface area contributed by atoms with Crippen LogP contribution in [0.2, 0.25) is 16.6 Å². The third kappa shape index (κ3) is 3.86. The fourth-order valence-electron chi connectivity index (χ4n) is 4.48. The Hall–Kier alpha value is -0.833. The fourth-order valence-corrected chi connectivity index (χ4v) is 10.3. The van der Waals surface area contributed by atoms with Crippen molar-refractivity contribution in [3.05, 3.63) is 30.1 Å². The SMILES string of the molecule is CC(C)[Si](OC[C@H]1[CH][CH][C@H](n2cnc3c(Br)ncnc32)O1)(C(C)C)C(C)C. The van der Waals surface area contributed by atoms with Gasteiger partial charge in [-0.15, -0.1) is 0 Å². The molecule has 2 aromatic rings. The minimum Gasteiger partial charge on any atom is -0.413 e. The van der Waals surface area contributed by atoms with E-state index in [1.807, 2.05) is 4.57 Å². The molecule has 2 radical (unpaired) electrons. The minimum atomic E-state index is -1.89. The molecule has 1 fully saturated rings. The van der Waals surface area contributed by atoms with Crippen molar-refractivity contribution in [3.8, 4) is 0 Å². The highest BCUT2D eigenvalue weighted by Crippen LogP contribution is 2.43. The lowest BCUT2D eigenvalue weighted by Crippen LogP contribution is -2.49. The molecule has 3 heterocycles. The summed E-state index contributed by atoms with van der Waals surface area (Å²) in [6, 6.07) is 0. The van der Waals surface area contributed by atoms with E-state index in [9.17, 15) is 0 Å². The van der Waals surface area contributed by atoms with Crippen molar-refractivity contribution in [2.24, 2.45) is 0 Å². The monoisotopic (exact) mass is 452 g/mol. The van der Waals surface area contributed by atoms with Crippen LogP contribution in [0.3, 0.4) is 0 Å². The maximum atomic E-state index is 6.67. The average molecular weight is 453 g/mol. The molecule has 3 rings (SSSR count). The molecule has 6 nitrogen and oxygen atoms in total. The van der Waals surface area contributed by atoms with E-state index < -0.39 is 8.32 Å². The normalized spacial score (nSPS) is 21.3. The molecule has 1 aliphatic rings. The molecule has 148 valence electrons. The lowest BCUT2D eigenvalue weighted by atomic mass is 10.2. The highest BCUT2D eigenvalue weighted by atomic mass is 79.9. The van der Waals surface area contributed by atoms with E-state index in [4.69, 9.17) is 9.16 Å². The Morgan fingerprint density at radius 2 is 1.74 bits per heavy atom. The lowest BCUT2D eigenvalue weighted by Gasteiger charge is -2.42. The van der Waals surface area contributed by atoms with Crippen molar-refractivity contribution < 1.29 is 9.16 Å². The van der Waals surface area contributed by atoms with Crippen LogP contribution in [0.4, 0.5) is 0 Å². The molecule has 27 heavy (non-hydrogen) atoms. The Bertz CT molecular complexity index is 758. The molecule has 0 bridgehead atoms. The lowest BCUT2D eigenvalue weighted by molar-refractivity contribution is -0.00415. The van der Waals surface area contributed by atoms with Crippen molar-refractivity contribution in [2.45, 2.75) is 70.5 Å². The summed E-state index contributed by atoms with van der Waals surface area (Å²) < 4.78 is 15.5. The highest BCUT2D eigenvalue weighted by molar-refractivity contribution is 9.10. The predicted octanol–water partition coefficient (Wildman–Crippen LogP) is 5.09. The summed E-state index contributed by atoms with van der Waals surface area (Å²) in [5.74, 6) is 0. The quantitative estimate of drug-likeness (QED) is 0.432. The Balaban J connectivity index is 1.70. The summed E-state index contributed by atoms with van der Waals surface area (Å²) >= 11 is 3.42. The molecule has 0 aliphatic carbocycles. The molecule has 0 amide bonds. The number of imidazole rings is 1. The second-order valence-corrected chi connectivity index (χ2v) is 14.3. The van der Waals surface area contributed by atoms with Gasteiger partial charge in [0.1, 0.15) is 22.7 Å². The van der Waals surface area contributed by atoms with E-state index in [2.05, 4.69) is 85.3 Å². The molecule has 0 aromatic carbocycles. The highest BCUT2D eigenvalue weighted by Gasteiger charge is 2.45. The largest absolute Gasteiger partial charge is 0.413 e. The van der Waals surface area contributed by atoms with Crippen LogP contribution in [0.1, 0.15) is 47.8 Å². The van der Waals surface area contributed by atoms with Crippen LogP contribution in [0.5, 0.6) is 0 Å². The first kappa shape index (κ1) is 20.9. The zero-order valence-corrected chi connectivity index (χ0v) is 19.5. The Labute approximate surface area is 171 Å². The van der Waals surface area contributed by atoms with E-state index in [-0.39, 0.29) is 12.3 Å². The van der Waals surface area contributed by atoms with Crippen LogP contribution in [-0.4, -0.2) is 40.5 Å². The maximum Gasteiger partial charge on any atom is 0.200 e. The Kier molecular flexibility index (Phi) is 6.40. The van der Waals surface area contributed by atoms with Gasteiger partial charge in [-0.2, -0.15) is 0 Å². The number of nitrogens with zero attached hydrogens (tertiary/aromatic N) is 4. The molecule has 0 saturated carbocycles. The number of fused-ring (bicyclic) bond motifs is 1. The molecule has 1 saturated heterocycles. The third-order valence-corrected chi connectivity index (χ3v) is 12.3. The second-order valence-electron chi connectivity index (χ2n) is 8.07. The molecule has 2 atom stereocenters. The van der Waals surface area contributed by atoms with Crippen LogP contribution < -0.4 is 0 Å². The summed E-state index contributed by atoms with van der Waals surface area (Å²) in [4.78, 5) is 12.9. The number of hydrogen-bond donors (Lipinski definition) is 0. The van der Waals surface area contributed by atoms with Crippen molar-refractivity contribution in [1.82, 2.24) is 19.5 Å². The van der Waals surface area contributed by atoms with Gasteiger partial charge in [0.05, 0.1) is 19.0 Å². The maximum absolute atomic E-state index is 6.67. The fraction of sp³-hybridized carbons (Fsp3) is 0.632. The standard InChI is InChI=1S/C19H29BrN4O2Si/c1-12(2)27(13(3)4,14(5)6)25-9-15-7-8-16(26-15)24-11-23-17-18(20)21-10-22-19(17)24/h7-8,10-16H,9H2,1-6H3/t15-,16-/m1/s1. The number of rotatable bonds is 7. The molecule has 8 heteroatoms. The average Bonchev–Trinajstić information content (AvgIpc) is 3.21. The van der Waals surface area contributed by atoms with Gasteiger partial charge in [-0.25, -0.2) is 15.0 Å². The van der Waals surface area contributed by atoms with Crippen LogP contribution in [0.15, 0.2) is 17.3 Å². The van der Waals surface area contributed by atoms with Gasteiger partial charge in [-0.05, 0) is 32.6 Å². The molecule has 2 aromatic heterocycles. The van der Waals surface area contributed by atoms with Crippen molar-refractivity contribution in [2.75, 3.05) is 6.61 Å². The van der Waals surface area contributed by atoms with Crippen LogP contribution in [0.25, 0.3) is 11.2 Å². The van der Waals surface area contributed by atoms with Gasteiger partial charge in [0.25, 0.3) is 0 Å². The van der Waals surface area contributed by atoms with E-state index >= 15 is 0 Å². The summed E-state index contributed by atoms with van der Waals surface area (Å²) in [5, 5.41) is 0. The zero-order chi connectivity index (χ0) is 19.8. The first-order valence-electron chi connectivity index (χ1n) is 9.58. The smallest absolute Gasteiger partial charge is 0.200 e. The first-order chi connectivity index (χ1) is 12.8. The second kappa shape index (κ2) is 8.27. The van der Waals surface area contributed by atoms with Crippen LogP contribution >= 0.6 is 15.9 Å². The topological polar surface area (TPSA) is 62.1 Å². The van der Waals surface area contributed by atoms with Gasteiger partial charge in [0.2, 0.25) is 0 Å². The van der Waals surface area contributed by atoms with E-state index in [0.29, 0.717) is 27.8 Å². The van der Waals surface area contributed by atoms with Gasteiger partial charge in [0, 0.05) is 12.8 Å². The van der Waals surface area contributed by atoms with Gasteiger partial charge >= 0.3 is 0 Å². The van der Waals surface area contributed by atoms with E-state index in [1.165, 1.54) is 6.33 Å². The Morgan fingerprint density at radius 3 is 2.37 bits per heavy atom. The third-order valence-electron chi connectivity index (χ3n) is 5.60. The van der Waals surface area contributed by atoms with Gasteiger partial charge in [-0.3, -0.25) is 4.57 Å². The molecule has 0 N–H and O–H groups in total. The van der Waals surface area contributed by atoms with E-state index in [0.717, 1.165) is 11.2 Å². The summed E-state index contributed by atoms with van der Waals surface area (Å²) in [5.41, 5.74) is 3.17. The number of aromatic nitrogens is 4. The molecule has 0 spiro atoms. The summed E-state index contributed by atoms with van der Waals surface area (Å²) in [6.07, 6.45) is 7.14. The van der Waals surface area contributed by atoms with Crippen LogP contribution in [0, 0.1) is 12.8 Å². The van der Waals surface area contributed by atoms with Crippen molar-refractivity contribution in [3.63, 3.8) is 0 Å². The number of ether oxygens (including phenoxy) is 1. The number of hydrogen-bond acceptors (Lipinski definition) is 5. The predicted molar refractivity (Wildman–Crippen MR) is 113 cm³/mol. The van der Waals surface area contributed by atoms with Gasteiger partial charge in [-0.1, -0.05) is 41.5 Å². The first-order valence-corrected chi connectivity index (χ1v) is 12.5. The molecular weight excluding hydrogens is 424 g/mol. The Morgan fingerprint density at radius 1 is 1.07 bits per heavy atom. The van der Waals surface area contributed by atoms with Gasteiger partial charge < -0.3 is 9.16 Å². The number of halogens is 1. The van der Waals surface area contributed by atoms with Crippen LogP contribution in [-0.2, 0) is 9.16 Å². The molecule has 0 unspecified atom stereocenters. The summed E-state index contributed by atoms with van der Waals surface area (Å²) in [6.45, 7) is 14.4.